The van der Waals surface area contributed by atoms with E-state index >= 15 is 0 Å². The molecule has 0 N–H and O–H groups in total. The van der Waals surface area contributed by atoms with Gasteiger partial charge in [-0.1, -0.05) is 12.1 Å². The monoisotopic (exact) mass is 487 g/mol. The number of hydrogen-bond donors (Lipinski definition) is 0. The van der Waals surface area contributed by atoms with Crippen molar-refractivity contribution in [2.75, 3.05) is 18.0 Å². The Kier molecular flexibility index (Phi) is 7.97. The number of carbonyl (C=O) groups excluding carboxylic acids is 3. The average Bonchev–Trinajstić information content (AvgIpc) is 3.22. The van der Waals surface area contributed by atoms with Crippen molar-refractivity contribution in [1.82, 2.24) is 9.88 Å². The fraction of sp³-hybridized carbons (Fsp3) is 0.520. The Labute approximate surface area is 204 Å². The summed E-state index contributed by atoms with van der Waals surface area (Å²) in [5.41, 5.74) is 2.87. The predicted octanol–water partition coefficient (Wildman–Crippen LogP) is 5.13. The molecule has 1 fully saturated rings. The van der Waals surface area contributed by atoms with E-state index in [1.54, 1.807) is 15.2 Å². The summed E-state index contributed by atoms with van der Waals surface area (Å²) >= 11 is 1.33. The van der Waals surface area contributed by atoms with E-state index in [4.69, 9.17) is 9.47 Å². The summed E-state index contributed by atoms with van der Waals surface area (Å²) in [6.45, 7) is 11.8. The summed E-state index contributed by atoms with van der Waals surface area (Å²) < 4.78 is 10.9. The Bertz CT molecular complexity index is 1060. The molecule has 1 aromatic carbocycles. The molecule has 9 heteroatoms. The van der Waals surface area contributed by atoms with Crippen LogP contribution >= 0.6 is 11.3 Å². The minimum atomic E-state index is -0.586. The van der Waals surface area contributed by atoms with E-state index in [0.717, 1.165) is 16.8 Å². The van der Waals surface area contributed by atoms with Gasteiger partial charge in [-0.25, -0.2) is 9.78 Å². The predicted molar refractivity (Wildman–Crippen MR) is 131 cm³/mol. The van der Waals surface area contributed by atoms with Crippen LogP contribution in [0.2, 0.25) is 0 Å². The van der Waals surface area contributed by atoms with Crippen molar-refractivity contribution in [3.05, 3.63) is 40.4 Å². The second-order valence-electron chi connectivity index (χ2n) is 9.57. The molecule has 1 atom stereocenters. The molecule has 1 aliphatic rings. The first kappa shape index (κ1) is 25.7. The molecule has 1 aliphatic heterocycles. The van der Waals surface area contributed by atoms with Crippen molar-refractivity contribution in [3.63, 3.8) is 0 Å². The lowest BCUT2D eigenvalue weighted by Crippen LogP contribution is -2.45. The van der Waals surface area contributed by atoms with Gasteiger partial charge in [0.05, 0.1) is 17.3 Å². The number of amides is 2. The van der Waals surface area contributed by atoms with Crippen molar-refractivity contribution in [3.8, 4) is 0 Å². The molecule has 0 aliphatic carbocycles. The van der Waals surface area contributed by atoms with Gasteiger partial charge in [-0.2, -0.15) is 0 Å². The van der Waals surface area contributed by atoms with Crippen LogP contribution in [-0.2, 0) is 25.7 Å². The summed E-state index contributed by atoms with van der Waals surface area (Å²) in [6, 6.07) is 5.80. The van der Waals surface area contributed by atoms with Crippen LogP contribution in [0, 0.1) is 19.8 Å². The van der Waals surface area contributed by atoms with Crippen LogP contribution < -0.4 is 4.90 Å². The largest absolute Gasteiger partial charge is 0.459 e. The first-order valence-corrected chi connectivity index (χ1v) is 12.3. The van der Waals surface area contributed by atoms with Crippen LogP contribution in [0.1, 0.15) is 57.4 Å². The van der Waals surface area contributed by atoms with Crippen molar-refractivity contribution >= 4 is 40.1 Å². The molecule has 8 nitrogen and oxygen atoms in total. The fourth-order valence-corrected chi connectivity index (χ4v) is 4.64. The number of carbonyl (C=O) groups is 3. The first-order valence-electron chi connectivity index (χ1n) is 11.4. The highest BCUT2D eigenvalue weighted by atomic mass is 32.1. The summed E-state index contributed by atoms with van der Waals surface area (Å²) in [6.07, 6.45) is 0.957. The van der Waals surface area contributed by atoms with E-state index in [1.807, 2.05) is 52.8 Å². The van der Waals surface area contributed by atoms with E-state index in [1.165, 1.54) is 18.3 Å². The molecule has 0 saturated carbocycles. The molecule has 1 saturated heterocycles. The molecule has 1 aromatic heterocycles. The number of hydrogen-bond acceptors (Lipinski definition) is 7. The highest BCUT2D eigenvalue weighted by Gasteiger charge is 2.32. The normalized spacial score (nSPS) is 16.2. The molecule has 1 unspecified atom stereocenters. The van der Waals surface area contributed by atoms with Crippen LogP contribution in [0.15, 0.2) is 23.6 Å². The van der Waals surface area contributed by atoms with Crippen LogP contribution in [0.4, 0.5) is 15.6 Å². The highest BCUT2D eigenvalue weighted by molar-refractivity contribution is 7.14. The first-order chi connectivity index (χ1) is 16.0. The maximum Gasteiger partial charge on any atom is 0.410 e. The molecule has 34 heavy (non-hydrogen) atoms. The number of aryl methyl sites for hydroxylation is 1. The summed E-state index contributed by atoms with van der Waals surface area (Å²) in [7, 11) is 0. The number of likely N-dealkylation sites (tertiary alicyclic amines) is 1. The molecular formula is C25H33N3O5S. The van der Waals surface area contributed by atoms with Gasteiger partial charge in [0, 0.05) is 25.4 Å². The SMILES string of the molecule is CC(=O)N(c1nc(COC(=O)C2CCCN(C(=O)OC(C)(C)C)C2)cs1)c1cccc(C)c1C. The van der Waals surface area contributed by atoms with Crippen LogP contribution in [0.5, 0.6) is 0 Å². The van der Waals surface area contributed by atoms with Gasteiger partial charge in [0.25, 0.3) is 0 Å². The minimum absolute atomic E-state index is 0.0107. The Hall–Kier alpha value is -2.94. The second-order valence-corrected chi connectivity index (χ2v) is 10.4. The van der Waals surface area contributed by atoms with Gasteiger partial charge in [-0.3, -0.25) is 14.5 Å². The molecular weight excluding hydrogens is 454 g/mol. The third-order valence-corrected chi connectivity index (χ3v) is 6.51. The Morgan fingerprint density at radius 1 is 1.24 bits per heavy atom. The maximum atomic E-state index is 12.7. The van der Waals surface area contributed by atoms with Gasteiger partial charge in [0.1, 0.15) is 12.2 Å². The fourth-order valence-electron chi connectivity index (χ4n) is 3.78. The quantitative estimate of drug-likeness (QED) is 0.543. The average molecular weight is 488 g/mol. The van der Waals surface area contributed by atoms with Gasteiger partial charge in [0.15, 0.2) is 5.13 Å². The lowest BCUT2D eigenvalue weighted by atomic mass is 9.98. The zero-order valence-electron chi connectivity index (χ0n) is 20.7. The zero-order chi connectivity index (χ0) is 25.0. The molecule has 2 amide bonds. The smallest absolute Gasteiger partial charge is 0.410 e. The van der Waals surface area contributed by atoms with Gasteiger partial charge in [0.2, 0.25) is 5.91 Å². The van der Waals surface area contributed by atoms with E-state index in [-0.39, 0.29) is 25.0 Å². The number of nitrogens with zero attached hydrogens (tertiary/aromatic N) is 3. The molecule has 0 bridgehead atoms. The number of benzene rings is 1. The lowest BCUT2D eigenvalue weighted by Gasteiger charge is -2.33. The molecule has 2 aromatic rings. The number of piperidine rings is 1. The second kappa shape index (κ2) is 10.5. The van der Waals surface area contributed by atoms with E-state index in [2.05, 4.69) is 4.98 Å². The summed E-state index contributed by atoms with van der Waals surface area (Å²) in [5.74, 6) is -0.903. The standard InChI is InChI=1S/C25H33N3O5S/c1-16-9-7-11-21(17(16)2)28(18(3)29)23-26-20(15-34-23)14-32-22(30)19-10-8-12-27(13-19)24(31)33-25(4,5)6/h7,9,11,15,19H,8,10,12-14H2,1-6H3. The third-order valence-electron chi connectivity index (χ3n) is 5.63. The zero-order valence-corrected chi connectivity index (χ0v) is 21.5. The van der Waals surface area contributed by atoms with Gasteiger partial charge < -0.3 is 14.4 Å². The topological polar surface area (TPSA) is 89.0 Å². The Morgan fingerprint density at radius 2 is 1.97 bits per heavy atom. The molecule has 2 heterocycles. The number of thiazole rings is 1. The van der Waals surface area contributed by atoms with E-state index in [9.17, 15) is 14.4 Å². The number of aromatic nitrogens is 1. The molecule has 0 spiro atoms. The minimum Gasteiger partial charge on any atom is -0.459 e. The van der Waals surface area contributed by atoms with Crippen molar-refractivity contribution in [1.29, 1.82) is 0 Å². The number of anilines is 2. The van der Waals surface area contributed by atoms with E-state index < -0.39 is 17.6 Å². The number of esters is 1. The van der Waals surface area contributed by atoms with Gasteiger partial charge in [-0.05, 0) is 64.7 Å². The van der Waals surface area contributed by atoms with E-state index in [0.29, 0.717) is 30.2 Å². The Morgan fingerprint density at radius 3 is 2.65 bits per heavy atom. The summed E-state index contributed by atoms with van der Waals surface area (Å²) in [4.78, 5) is 45.2. The summed E-state index contributed by atoms with van der Waals surface area (Å²) in [5, 5.41) is 2.32. The molecule has 184 valence electrons. The molecule has 3 rings (SSSR count). The number of ether oxygens (including phenoxy) is 2. The maximum absolute atomic E-state index is 12.7. The highest BCUT2D eigenvalue weighted by Crippen LogP contribution is 2.32. The van der Waals surface area contributed by atoms with Crippen molar-refractivity contribution in [2.45, 2.75) is 66.6 Å². The Balaban J connectivity index is 1.63. The van der Waals surface area contributed by atoms with Gasteiger partial charge >= 0.3 is 12.1 Å². The third kappa shape index (κ3) is 6.34. The van der Waals surface area contributed by atoms with Crippen LogP contribution in [0.3, 0.4) is 0 Å². The lowest BCUT2D eigenvalue weighted by molar-refractivity contribution is -0.151. The van der Waals surface area contributed by atoms with Gasteiger partial charge in [-0.15, -0.1) is 11.3 Å². The van der Waals surface area contributed by atoms with Crippen LogP contribution in [-0.4, -0.2) is 46.5 Å². The van der Waals surface area contributed by atoms with Crippen molar-refractivity contribution in [2.24, 2.45) is 5.92 Å². The molecule has 0 radical (unpaired) electrons. The number of rotatable bonds is 5. The van der Waals surface area contributed by atoms with Crippen LogP contribution in [0.25, 0.3) is 0 Å². The van der Waals surface area contributed by atoms with Crippen molar-refractivity contribution < 1.29 is 23.9 Å².